The summed E-state index contributed by atoms with van der Waals surface area (Å²) in [5, 5.41) is 23.8. The smallest absolute Gasteiger partial charge is 0.393 e. The van der Waals surface area contributed by atoms with Crippen molar-refractivity contribution in [3.8, 4) is 0 Å². The Morgan fingerprint density at radius 3 is 1.77 bits per heavy atom. The van der Waals surface area contributed by atoms with Crippen LogP contribution in [0.15, 0.2) is 36.5 Å². The minimum atomic E-state index is -4.40. The number of carbonyl (C=O) groups is 1. The molecule has 0 saturated heterocycles. The van der Waals surface area contributed by atoms with Gasteiger partial charge in [0.15, 0.2) is 0 Å². The average Bonchev–Trinajstić information content (AvgIpc) is 3.06. The molecule has 0 aromatic rings. The maximum absolute atomic E-state index is 12.7. The molecule has 0 aromatic carbocycles. The number of carbonyl (C=O) groups excluding carboxylic acids is 1. The van der Waals surface area contributed by atoms with Crippen molar-refractivity contribution < 1.29 is 33.5 Å². The number of hydrogen-bond acceptors (Lipinski definition) is 7. The molecular formula is C38H73N2O7P. The fourth-order valence-electron chi connectivity index (χ4n) is 5.30. The Morgan fingerprint density at radius 2 is 1.19 bits per heavy atom. The number of aliphatic hydroxyl groups excluding tert-OH is 2. The second kappa shape index (κ2) is 34.1. The van der Waals surface area contributed by atoms with Crippen molar-refractivity contribution in [1.29, 1.82) is 0 Å². The number of hydrogen-bond donors (Lipinski definition) is 5. The first-order valence-corrected chi connectivity index (χ1v) is 20.7. The fourth-order valence-corrected chi connectivity index (χ4v) is 6.06. The van der Waals surface area contributed by atoms with Gasteiger partial charge in [0, 0.05) is 6.54 Å². The van der Waals surface area contributed by atoms with Crippen molar-refractivity contribution in [2.45, 2.75) is 180 Å². The van der Waals surface area contributed by atoms with Crippen LogP contribution in [-0.4, -0.2) is 59.0 Å². The summed E-state index contributed by atoms with van der Waals surface area (Å²) in [5.74, 6) is -0.465. The summed E-state index contributed by atoms with van der Waals surface area (Å²) in [6.45, 7) is 3.87. The number of allylic oxidation sites excluding steroid dienone is 5. The van der Waals surface area contributed by atoms with Gasteiger partial charge in [-0.15, -0.1) is 0 Å². The topological polar surface area (TPSA) is 151 Å². The van der Waals surface area contributed by atoms with E-state index in [4.69, 9.17) is 14.8 Å². The molecule has 0 rings (SSSR count). The van der Waals surface area contributed by atoms with E-state index in [9.17, 15) is 24.5 Å². The lowest BCUT2D eigenvalue weighted by Crippen LogP contribution is -2.46. The third kappa shape index (κ3) is 31.9. The van der Waals surface area contributed by atoms with Crippen LogP contribution in [0, 0.1) is 0 Å². The lowest BCUT2D eigenvalue weighted by molar-refractivity contribution is -0.124. The zero-order valence-corrected chi connectivity index (χ0v) is 31.5. The maximum Gasteiger partial charge on any atom is 0.472 e. The van der Waals surface area contributed by atoms with Crippen LogP contribution in [0.1, 0.15) is 162 Å². The van der Waals surface area contributed by atoms with Gasteiger partial charge in [-0.2, -0.15) is 0 Å². The summed E-state index contributed by atoms with van der Waals surface area (Å²) in [4.78, 5) is 22.6. The molecule has 10 heteroatoms. The third-order valence-electron chi connectivity index (χ3n) is 8.24. The van der Waals surface area contributed by atoms with Crippen molar-refractivity contribution in [3.63, 3.8) is 0 Å². The van der Waals surface area contributed by atoms with Gasteiger partial charge < -0.3 is 26.2 Å². The van der Waals surface area contributed by atoms with Crippen molar-refractivity contribution >= 4 is 13.7 Å². The highest BCUT2D eigenvalue weighted by Gasteiger charge is 2.27. The molecule has 0 heterocycles. The second-order valence-corrected chi connectivity index (χ2v) is 14.4. The number of nitrogens with one attached hydrogen (secondary N) is 1. The minimum Gasteiger partial charge on any atom is -0.393 e. The SMILES string of the molecule is CCCCC/C=C/CC/C=C/C(O)C(COP(=O)(O)OCCN)NC(=O)CC(O)CCCCCCC/C=C\CCCCCCCCCC. The van der Waals surface area contributed by atoms with Crippen molar-refractivity contribution in [2.24, 2.45) is 5.73 Å². The molecule has 0 aliphatic heterocycles. The van der Waals surface area contributed by atoms with Crippen LogP contribution in [0.2, 0.25) is 0 Å². The highest BCUT2D eigenvalue weighted by Crippen LogP contribution is 2.43. The summed E-state index contributed by atoms with van der Waals surface area (Å²) in [6, 6.07) is -0.998. The molecule has 0 fully saturated rings. The van der Waals surface area contributed by atoms with Crippen molar-refractivity contribution in [1.82, 2.24) is 5.32 Å². The second-order valence-electron chi connectivity index (χ2n) is 13.0. The minimum absolute atomic E-state index is 0.0428. The molecule has 0 radical (unpaired) electrons. The molecule has 1 amide bonds. The van der Waals surface area contributed by atoms with Crippen LogP contribution >= 0.6 is 7.82 Å². The summed E-state index contributed by atoms with van der Waals surface area (Å²) in [6.07, 6.45) is 35.3. The van der Waals surface area contributed by atoms with Gasteiger partial charge in [0.25, 0.3) is 0 Å². The average molecular weight is 701 g/mol. The highest BCUT2D eigenvalue weighted by molar-refractivity contribution is 7.47. The number of phosphoric ester groups is 1. The molecular weight excluding hydrogens is 627 g/mol. The monoisotopic (exact) mass is 701 g/mol. The first-order valence-electron chi connectivity index (χ1n) is 19.2. The molecule has 0 aromatic heterocycles. The molecule has 4 atom stereocenters. The normalized spacial score (nSPS) is 15.4. The van der Waals surface area contributed by atoms with E-state index in [1.54, 1.807) is 6.08 Å². The Morgan fingerprint density at radius 1 is 0.708 bits per heavy atom. The van der Waals surface area contributed by atoms with Gasteiger partial charge in [0.1, 0.15) is 0 Å². The predicted octanol–water partition coefficient (Wildman–Crippen LogP) is 8.97. The van der Waals surface area contributed by atoms with Gasteiger partial charge in [0.05, 0.1) is 37.9 Å². The van der Waals surface area contributed by atoms with E-state index in [-0.39, 0.29) is 19.6 Å². The van der Waals surface area contributed by atoms with E-state index in [1.165, 1.54) is 83.5 Å². The Bertz CT molecular complexity index is 868. The predicted molar refractivity (Wildman–Crippen MR) is 200 cm³/mol. The number of phosphoric acid groups is 1. The molecule has 4 unspecified atom stereocenters. The van der Waals surface area contributed by atoms with Crippen molar-refractivity contribution in [2.75, 3.05) is 19.8 Å². The van der Waals surface area contributed by atoms with Gasteiger partial charge in [-0.3, -0.25) is 13.8 Å². The van der Waals surface area contributed by atoms with E-state index >= 15 is 0 Å². The molecule has 48 heavy (non-hydrogen) atoms. The van der Waals surface area contributed by atoms with Crippen LogP contribution in [-0.2, 0) is 18.4 Å². The number of nitrogens with two attached hydrogens (primary N) is 1. The number of unbranched alkanes of at least 4 members (excludes halogenated alkanes) is 17. The van der Waals surface area contributed by atoms with E-state index < -0.39 is 38.6 Å². The van der Waals surface area contributed by atoms with Crippen LogP contribution < -0.4 is 11.1 Å². The van der Waals surface area contributed by atoms with Gasteiger partial charge in [-0.1, -0.05) is 134 Å². The summed E-state index contributed by atoms with van der Waals surface area (Å²) in [5.41, 5.74) is 5.33. The number of rotatable bonds is 35. The van der Waals surface area contributed by atoms with Gasteiger partial charge in [-0.05, 0) is 57.8 Å². The summed E-state index contributed by atoms with van der Waals surface area (Å²) < 4.78 is 21.9. The number of aliphatic hydroxyl groups is 2. The van der Waals surface area contributed by atoms with E-state index in [2.05, 4.69) is 43.5 Å². The Labute approximate surface area is 293 Å². The molecule has 282 valence electrons. The zero-order valence-electron chi connectivity index (χ0n) is 30.6. The van der Waals surface area contributed by atoms with E-state index in [0.717, 1.165) is 44.9 Å². The lowest BCUT2D eigenvalue weighted by Gasteiger charge is -2.24. The van der Waals surface area contributed by atoms with Crippen LogP contribution in [0.4, 0.5) is 0 Å². The highest BCUT2D eigenvalue weighted by atomic mass is 31.2. The third-order valence-corrected chi connectivity index (χ3v) is 9.23. The van der Waals surface area contributed by atoms with Crippen LogP contribution in [0.3, 0.4) is 0 Å². The molecule has 0 saturated carbocycles. The maximum atomic E-state index is 12.7. The molecule has 6 N–H and O–H groups in total. The Balaban J connectivity index is 4.35. The summed E-state index contributed by atoms with van der Waals surface area (Å²) in [7, 11) is -4.40. The van der Waals surface area contributed by atoms with Gasteiger partial charge in [0.2, 0.25) is 5.91 Å². The van der Waals surface area contributed by atoms with Gasteiger partial charge >= 0.3 is 7.82 Å². The molecule has 0 aliphatic rings. The molecule has 0 spiro atoms. The van der Waals surface area contributed by atoms with Crippen LogP contribution in [0.5, 0.6) is 0 Å². The lowest BCUT2D eigenvalue weighted by atomic mass is 10.0. The molecule has 0 aliphatic carbocycles. The summed E-state index contributed by atoms with van der Waals surface area (Å²) >= 11 is 0. The fraction of sp³-hybridized carbons (Fsp3) is 0.816. The number of amides is 1. The van der Waals surface area contributed by atoms with Crippen LogP contribution in [0.25, 0.3) is 0 Å². The first kappa shape index (κ1) is 46.7. The van der Waals surface area contributed by atoms with Gasteiger partial charge in [-0.25, -0.2) is 4.57 Å². The quantitative estimate of drug-likeness (QED) is 0.0250. The molecule has 0 bridgehead atoms. The van der Waals surface area contributed by atoms with Crippen molar-refractivity contribution in [3.05, 3.63) is 36.5 Å². The first-order chi connectivity index (χ1) is 23.3. The zero-order chi connectivity index (χ0) is 35.6. The van der Waals surface area contributed by atoms with E-state index in [1.807, 2.05) is 6.08 Å². The Hall–Kier alpha value is -1.32. The Kier molecular flexibility index (Phi) is 33.2. The largest absolute Gasteiger partial charge is 0.472 e. The van der Waals surface area contributed by atoms with E-state index in [0.29, 0.717) is 12.8 Å². The molecule has 9 nitrogen and oxygen atoms in total. The standard InChI is InChI=1S/C38H73N2O7P/c1-3-5-7-9-11-13-14-15-16-17-18-19-20-22-23-25-27-29-35(41)33-38(43)40-36(34-47-48(44,45)46-32-31-39)37(42)30-28-26-24-21-12-10-8-6-4-2/h12,17-18,21,28,30,35-37,41-42H,3-11,13-16,19-20,22-27,29,31-34,39H2,1-2H3,(H,40,43)(H,44,45)/b18-17-,21-12+,30-28+.